The molecule has 0 radical (unpaired) electrons. The Morgan fingerprint density at radius 3 is 2.36 bits per heavy atom. The molecule has 1 aliphatic heterocycles. The van der Waals surface area contributed by atoms with E-state index in [9.17, 15) is 0 Å². The highest BCUT2D eigenvalue weighted by molar-refractivity contribution is 5.07. The first-order valence-electron chi connectivity index (χ1n) is 5.93. The van der Waals surface area contributed by atoms with Crippen LogP contribution in [0.1, 0.15) is 33.1 Å². The molecule has 0 amide bonds. The Bertz CT molecular complexity index is 230. The normalized spacial score (nSPS) is 46.3. The smallest absolute Gasteiger partial charge is 0.160 e. The third-order valence-corrected chi connectivity index (χ3v) is 4.73. The van der Waals surface area contributed by atoms with E-state index in [1.165, 1.54) is 19.3 Å². The monoisotopic (exact) mass is 196 g/mol. The van der Waals surface area contributed by atoms with Gasteiger partial charge in [0.1, 0.15) is 0 Å². The number of fused-ring (bicyclic) bond motifs is 1. The van der Waals surface area contributed by atoms with E-state index >= 15 is 0 Å². The van der Waals surface area contributed by atoms with Crippen molar-refractivity contribution in [2.24, 2.45) is 23.2 Å². The molecule has 0 aromatic heterocycles. The minimum Gasteiger partial charge on any atom is -0.350 e. The largest absolute Gasteiger partial charge is 0.350 e. The van der Waals surface area contributed by atoms with Gasteiger partial charge in [0.2, 0.25) is 0 Å². The summed E-state index contributed by atoms with van der Waals surface area (Å²) in [5.74, 6) is 2.63. The molecule has 1 heterocycles. The average Bonchev–Trinajstić information content (AvgIpc) is 2.59. The molecule has 3 unspecified atom stereocenters. The highest BCUT2D eigenvalue weighted by Gasteiger charge is 2.59. The van der Waals surface area contributed by atoms with Crippen LogP contribution in [0.25, 0.3) is 0 Å². The van der Waals surface area contributed by atoms with Gasteiger partial charge in [0, 0.05) is 5.92 Å². The van der Waals surface area contributed by atoms with Crippen LogP contribution in [0.5, 0.6) is 0 Å². The molecular formula is C12H20O2. The molecule has 0 aromatic rings. The fraction of sp³-hybridized carbons (Fsp3) is 1.00. The summed E-state index contributed by atoms with van der Waals surface area (Å²) in [5, 5.41) is 0. The molecule has 80 valence electrons. The van der Waals surface area contributed by atoms with Gasteiger partial charge in [-0.3, -0.25) is 0 Å². The van der Waals surface area contributed by atoms with Crippen LogP contribution in [0.15, 0.2) is 0 Å². The molecule has 3 rings (SSSR count). The van der Waals surface area contributed by atoms with E-state index in [0.29, 0.717) is 11.3 Å². The summed E-state index contributed by atoms with van der Waals surface area (Å²) >= 11 is 0. The van der Waals surface area contributed by atoms with Crippen molar-refractivity contribution in [2.75, 3.05) is 13.2 Å². The first-order chi connectivity index (χ1) is 6.69. The standard InChI is InChI=1S/C12H20O2/c1-12(2)9-4-3-8(7-10(9)12)11-13-5-6-14-11/h8-11H,3-7H2,1-2H3. The zero-order chi connectivity index (χ0) is 9.76. The van der Waals surface area contributed by atoms with Crippen molar-refractivity contribution >= 4 is 0 Å². The molecule has 14 heavy (non-hydrogen) atoms. The summed E-state index contributed by atoms with van der Waals surface area (Å²) in [6, 6.07) is 0. The maximum absolute atomic E-state index is 5.61. The Morgan fingerprint density at radius 1 is 1.00 bits per heavy atom. The zero-order valence-electron chi connectivity index (χ0n) is 9.16. The third kappa shape index (κ3) is 1.24. The lowest BCUT2D eigenvalue weighted by Gasteiger charge is -2.25. The van der Waals surface area contributed by atoms with Gasteiger partial charge < -0.3 is 9.47 Å². The molecule has 0 spiro atoms. The molecule has 3 aliphatic rings. The lowest BCUT2D eigenvalue weighted by atomic mass is 9.89. The second-order valence-electron chi connectivity index (χ2n) is 5.72. The van der Waals surface area contributed by atoms with E-state index in [2.05, 4.69) is 13.8 Å². The van der Waals surface area contributed by atoms with Gasteiger partial charge >= 0.3 is 0 Å². The van der Waals surface area contributed by atoms with E-state index in [1.807, 2.05) is 0 Å². The van der Waals surface area contributed by atoms with E-state index < -0.39 is 0 Å². The van der Waals surface area contributed by atoms with Crippen molar-refractivity contribution in [3.05, 3.63) is 0 Å². The minimum absolute atomic E-state index is 0.132. The van der Waals surface area contributed by atoms with Crippen molar-refractivity contribution in [3.8, 4) is 0 Å². The van der Waals surface area contributed by atoms with Gasteiger partial charge in [0.15, 0.2) is 6.29 Å². The molecule has 2 saturated carbocycles. The average molecular weight is 196 g/mol. The Kier molecular flexibility index (Phi) is 1.94. The lowest BCUT2D eigenvalue weighted by Crippen LogP contribution is -2.24. The Labute approximate surface area is 86.0 Å². The van der Waals surface area contributed by atoms with Crippen LogP contribution in [0, 0.1) is 23.2 Å². The number of ether oxygens (including phenoxy) is 2. The topological polar surface area (TPSA) is 18.5 Å². The summed E-state index contributed by atoms with van der Waals surface area (Å²) in [5.41, 5.74) is 0.618. The molecule has 0 N–H and O–H groups in total. The van der Waals surface area contributed by atoms with Crippen molar-refractivity contribution in [3.63, 3.8) is 0 Å². The number of rotatable bonds is 1. The van der Waals surface area contributed by atoms with Gasteiger partial charge in [-0.05, 0) is 36.5 Å². The molecule has 3 atom stereocenters. The van der Waals surface area contributed by atoms with Gasteiger partial charge in [-0.15, -0.1) is 0 Å². The zero-order valence-corrected chi connectivity index (χ0v) is 9.16. The Hall–Kier alpha value is -0.0800. The summed E-state index contributed by atoms with van der Waals surface area (Å²) in [6.45, 7) is 6.44. The summed E-state index contributed by atoms with van der Waals surface area (Å²) in [7, 11) is 0. The summed E-state index contributed by atoms with van der Waals surface area (Å²) < 4.78 is 11.2. The minimum atomic E-state index is 0.132. The molecular weight excluding hydrogens is 176 g/mol. The van der Waals surface area contributed by atoms with E-state index in [4.69, 9.17) is 9.47 Å². The fourth-order valence-electron chi connectivity index (χ4n) is 3.63. The maximum atomic E-state index is 5.61. The summed E-state index contributed by atoms with van der Waals surface area (Å²) in [4.78, 5) is 0. The number of hydrogen-bond acceptors (Lipinski definition) is 2. The fourth-order valence-corrected chi connectivity index (χ4v) is 3.63. The van der Waals surface area contributed by atoms with Crippen molar-refractivity contribution in [2.45, 2.75) is 39.4 Å². The molecule has 3 fully saturated rings. The second-order valence-corrected chi connectivity index (χ2v) is 5.72. The predicted octanol–water partition coefficient (Wildman–Crippen LogP) is 2.43. The van der Waals surface area contributed by atoms with Crippen LogP contribution < -0.4 is 0 Å². The summed E-state index contributed by atoms with van der Waals surface area (Å²) in [6.07, 6.45) is 4.18. The highest BCUT2D eigenvalue weighted by atomic mass is 16.7. The van der Waals surface area contributed by atoms with Crippen LogP contribution >= 0.6 is 0 Å². The van der Waals surface area contributed by atoms with E-state index in [1.54, 1.807) is 0 Å². The molecule has 2 aliphatic carbocycles. The second kappa shape index (κ2) is 2.96. The van der Waals surface area contributed by atoms with Gasteiger partial charge in [0.25, 0.3) is 0 Å². The Morgan fingerprint density at radius 2 is 1.71 bits per heavy atom. The van der Waals surface area contributed by atoms with Crippen LogP contribution in [-0.4, -0.2) is 19.5 Å². The third-order valence-electron chi connectivity index (χ3n) is 4.73. The van der Waals surface area contributed by atoms with E-state index in [0.717, 1.165) is 25.0 Å². The van der Waals surface area contributed by atoms with Crippen LogP contribution in [0.2, 0.25) is 0 Å². The van der Waals surface area contributed by atoms with E-state index in [-0.39, 0.29) is 6.29 Å². The van der Waals surface area contributed by atoms with Gasteiger partial charge in [-0.25, -0.2) is 0 Å². The molecule has 0 aromatic carbocycles. The van der Waals surface area contributed by atoms with Crippen molar-refractivity contribution in [1.29, 1.82) is 0 Å². The first-order valence-corrected chi connectivity index (χ1v) is 5.93. The van der Waals surface area contributed by atoms with Crippen LogP contribution in [0.4, 0.5) is 0 Å². The van der Waals surface area contributed by atoms with Crippen LogP contribution in [0.3, 0.4) is 0 Å². The maximum Gasteiger partial charge on any atom is 0.160 e. The number of hydrogen-bond donors (Lipinski definition) is 0. The predicted molar refractivity (Wildman–Crippen MR) is 53.8 cm³/mol. The van der Waals surface area contributed by atoms with Crippen molar-refractivity contribution < 1.29 is 9.47 Å². The van der Waals surface area contributed by atoms with Gasteiger partial charge in [-0.2, -0.15) is 0 Å². The molecule has 1 saturated heterocycles. The quantitative estimate of drug-likeness (QED) is 0.641. The highest BCUT2D eigenvalue weighted by Crippen LogP contribution is 2.66. The first kappa shape index (κ1) is 9.17. The Balaban J connectivity index is 1.63. The SMILES string of the molecule is CC1(C)C2CCC(C3OCCO3)CC21. The molecule has 2 nitrogen and oxygen atoms in total. The molecule has 2 heteroatoms. The molecule has 0 bridgehead atoms. The van der Waals surface area contributed by atoms with Crippen LogP contribution in [-0.2, 0) is 9.47 Å². The van der Waals surface area contributed by atoms with Gasteiger partial charge in [-0.1, -0.05) is 13.8 Å². The lowest BCUT2D eigenvalue weighted by molar-refractivity contribution is -0.0932. The van der Waals surface area contributed by atoms with Crippen molar-refractivity contribution in [1.82, 2.24) is 0 Å². The van der Waals surface area contributed by atoms with Gasteiger partial charge in [0.05, 0.1) is 13.2 Å².